The summed E-state index contributed by atoms with van der Waals surface area (Å²) in [6.45, 7) is 0.758. The minimum Gasteiger partial charge on any atom is -0.306 e. The first-order valence-electron chi connectivity index (χ1n) is 3.94. The molecule has 0 spiro atoms. The van der Waals surface area contributed by atoms with E-state index < -0.39 is 0 Å². The van der Waals surface area contributed by atoms with Crippen molar-refractivity contribution in [2.75, 3.05) is 20.6 Å². The molecule has 0 N–H and O–H groups in total. The number of allylic oxidation sites excluding steroid dienone is 1. The summed E-state index contributed by atoms with van der Waals surface area (Å²) in [6.07, 6.45) is 4.43. The summed E-state index contributed by atoms with van der Waals surface area (Å²) in [6, 6.07) is 0. The van der Waals surface area contributed by atoms with E-state index in [0.717, 1.165) is 17.8 Å². The Hall–Kier alpha value is -1.00. The van der Waals surface area contributed by atoms with Crippen molar-refractivity contribution >= 4 is 23.2 Å². The van der Waals surface area contributed by atoms with Crippen LogP contribution in [0.15, 0.2) is 17.7 Å². The molecule has 4 heteroatoms. The molecule has 0 aliphatic rings. The fourth-order valence-electron chi connectivity index (χ4n) is 0.833. The van der Waals surface area contributed by atoms with E-state index in [1.807, 2.05) is 30.5 Å². The molecule has 0 aliphatic carbocycles. The number of carbonyl (C=O) groups excluding carboxylic acids is 1. The molecule has 13 heavy (non-hydrogen) atoms. The minimum atomic E-state index is 0.670. The molecule has 0 aliphatic heterocycles. The molecule has 0 aromatic carbocycles. The minimum absolute atomic E-state index is 0.670. The maximum atomic E-state index is 10.7. The molecule has 0 fully saturated rings. The molecule has 1 heterocycles. The molecular weight excluding hydrogens is 184 g/mol. The Kier molecular flexibility index (Phi) is 3.79. The van der Waals surface area contributed by atoms with Crippen molar-refractivity contribution in [3.8, 4) is 0 Å². The average Bonchev–Trinajstić information content (AvgIpc) is 2.58. The van der Waals surface area contributed by atoms with Gasteiger partial charge in [-0.05, 0) is 14.1 Å². The molecule has 0 saturated heterocycles. The average molecular weight is 196 g/mol. The third kappa shape index (κ3) is 3.08. The largest absolute Gasteiger partial charge is 0.306 e. The molecule has 0 amide bonds. The molecule has 0 bridgehead atoms. The van der Waals surface area contributed by atoms with Crippen LogP contribution in [0.3, 0.4) is 0 Å². The summed E-state index contributed by atoms with van der Waals surface area (Å²) in [4.78, 5) is 16.8. The number of aldehydes is 1. The SMILES string of the molecule is CN(C)C/C=C(\C=O)c1nccs1. The van der Waals surface area contributed by atoms with Gasteiger partial charge in [0.15, 0.2) is 6.29 Å². The lowest BCUT2D eigenvalue weighted by atomic mass is 10.3. The molecule has 0 saturated carbocycles. The van der Waals surface area contributed by atoms with Crippen LogP contribution in [0, 0.1) is 0 Å². The van der Waals surface area contributed by atoms with Crippen LogP contribution in [0.25, 0.3) is 5.57 Å². The zero-order valence-corrected chi connectivity index (χ0v) is 8.54. The zero-order chi connectivity index (χ0) is 9.68. The van der Waals surface area contributed by atoms with E-state index in [9.17, 15) is 4.79 Å². The van der Waals surface area contributed by atoms with Gasteiger partial charge in [0.2, 0.25) is 0 Å². The third-order valence-electron chi connectivity index (χ3n) is 1.48. The van der Waals surface area contributed by atoms with E-state index in [-0.39, 0.29) is 0 Å². The van der Waals surface area contributed by atoms with Gasteiger partial charge in [-0.1, -0.05) is 6.08 Å². The van der Waals surface area contributed by atoms with Crippen molar-refractivity contribution in [2.24, 2.45) is 0 Å². The van der Waals surface area contributed by atoms with Gasteiger partial charge in [-0.2, -0.15) is 0 Å². The van der Waals surface area contributed by atoms with E-state index in [1.165, 1.54) is 11.3 Å². The number of hydrogen-bond acceptors (Lipinski definition) is 4. The summed E-state index contributed by atoms with van der Waals surface area (Å²) in [5.41, 5.74) is 0.670. The van der Waals surface area contributed by atoms with Crippen LogP contribution in [-0.2, 0) is 4.79 Å². The molecule has 0 unspecified atom stereocenters. The number of likely N-dealkylation sites (N-methyl/N-ethyl adjacent to an activating group) is 1. The van der Waals surface area contributed by atoms with Gasteiger partial charge in [-0.3, -0.25) is 4.79 Å². The molecule has 3 nitrogen and oxygen atoms in total. The van der Waals surface area contributed by atoms with Gasteiger partial charge in [0.1, 0.15) is 5.01 Å². The van der Waals surface area contributed by atoms with E-state index in [2.05, 4.69) is 4.98 Å². The van der Waals surface area contributed by atoms with Gasteiger partial charge in [-0.25, -0.2) is 4.98 Å². The summed E-state index contributed by atoms with van der Waals surface area (Å²) in [7, 11) is 3.92. The monoisotopic (exact) mass is 196 g/mol. The number of nitrogens with zero attached hydrogens (tertiary/aromatic N) is 2. The highest BCUT2D eigenvalue weighted by Crippen LogP contribution is 2.14. The topological polar surface area (TPSA) is 33.2 Å². The Balaban J connectivity index is 2.74. The zero-order valence-electron chi connectivity index (χ0n) is 7.73. The van der Waals surface area contributed by atoms with Crippen LogP contribution in [-0.4, -0.2) is 36.8 Å². The first-order valence-corrected chi connectivity index (χ1v) is 4.82. The highest BCUT2D eigenvalue weighted by atomic mass is 32.1. The van der Waals surface area contributed by atoms with Crippen molar-refractivity contribution in [3.63, 3.8) is 0 Å². The Labute approximate surface area is 81.7 Å². The lowest BCUT2D eigenvalue weighted by molar-refractivity contribution is -0.103. The summed E-state index contributed by atoms with van der Waals surface area (Å²) < 4.78 is 0. The smallest absolute Gasteiger partial charge is 0.152 e. The Morgan fingerprint density at radius 3 is 2.92 bits per heavy atom. The Morgan fingerprint density at radius 1 is 1.69 bits per heavy atom. The molecule has 0 atom stereocenters. The van der Waals surface area contributed by atoms with Crippen LogP contribution >= 0.6 is 11.3 Å². The van der Waals surface area contributed by atoms with E-state index in [0.29, 0.717) is 5.57 Å². The lowest BCUT2D eigenvalue weighted by Gasteiger charge is -2.04. The molecule has 0 radical (unpaired) electrons. The number of hydrogen-bond donors (Lipinski definition) is 0. The van der Waals surface area contributed by atoms with Gasteiger partial charge in [0, 0.05) is 23.7 Å². The number of carbonyl (C=O) groups is 1. The first-order chi connectivity index (χ1) is 6.24. The van der Waals surface area contributed by atoms with Crippen molar-refractivity contribution in [1.82, 2.24) is 9.88 Å². The van der Waals surface area contributed by atoms with Gasteiger partial charge in [0.25, 0.3) is 0 Å². The van der Waals surface area contributed by atoms with Crippen LogP contribution in [0.4, 0.5) is 0 Å². The first kappa shape index (κ1) is 10.1. The van der Waals surface area contributed by atoms with Crippen molar-refractivity contribution in [1.29, 1.82) is 0 Å². The van der Waals surface area contributed by atoms with Crippen LogP contribution in [0.1, 0.15) is 5.01 Å². The van der Waals surface area contributed by atoms with Crippen LogP contribution in [0.2, 0.25) is 0 Å². The third-order valence-corrected chi connectivity index (χ3v) is 2.30. The Bertz CT molecular complexity index is 291. The molecule has 70 valence electrons. The Morgan fingerprint density at radius 2 is 2.46 bits per heavy atom. The summed E-state index contributed by atoms with van der Waals surface area (Å²) in [5, 5.41) is 2.65. The lowest BCUT2D eigenvalue weighted by Crippen LogP contribution is -2.11. The van der Waals surface area contributed by atoms with Gasteiger partial charge >= 0.3 is 0 Å². The second-order valence-corrected chi connectivity index (χ2v) is 3.77. The maximum absolute atomic E-state index is 10.7. The quantitative estimate of drug-likeness (QED) is 0.537. The van der Waals surface area contributed by atoms with Crippen LogP contribution in [0.5, 0.6) is 0 Å². The number of rotatable bonds is 4. The predicted molar refractivity (Wildman–Crippen MR) is 54.7 cm³/mol. The maximum Gasteiger partial charge on any atom is 0.152 e. The van der Waals surface area contributed by atoms with E-state index in [1.54, 1.807) is 6.20 Å². The van der Waals surface area contributed by atoms with Crippen molar-refractivity contribution < 1.29 is 4.79 Å². The van der Waals surface area contributed by atoms with E-state index >= 15 is 0 Å². The summed E-state index contributed by atoms with van der Waals surface area (Å²) in [5.74, 6) is 0. The fraction of sp³-hybridized carbons (Fsp3) is 0.333. The molecule has 1 aromatic heterocycles. The highest BCUT2D eigenvalue weighted by Gasteiger charge is 2.01. The van der Waals surface area contributed by atoms with Crippen LogP contribution < -0.4 is 0 Å². The molecular formula is C9H12N2OS. The number of aromatic nitrogens is 1. The predicted octanol–water partition coefficient (Wildman–Crippen LogP) is 1.29. The van der Waals surface area contributed by atoms with Gasteiger partial charge in [0.05, 0.1) is 0 Å². The normalized spacial score (nSPS) is 12.1. The standard InChI is InChI=1S/C9H12N2OS/c1-11(2)5-3-8(7-12)9-10-4-6-13-9/h3-4,6-7H,5H2,1-2H3/b8-3+. The molecule has 1 aromatic rings. The fourth-order valence-corrected chi connectivity index (χ4v) is 1.47. The van der Waals surface area contributed by atoms with E-state index in [4.69, 9.17) is 0 Å². The second-order valence-electron chi connectivity index (χ2n) is 2.88. The van der Waals surface area contributed by atoms with Gasteiger partial charge in [-0.15, -0.1) is 11.3 Å². The van der Waals surface area contributed by atoms with Crippen molar-refractivity contribution in [3.05, 3.63) is 22.7 Å². The highest BCUT2D eigenvalue weighted by molar-refractivity contribution is 7.11. The van der Waals surface area contributed by atoms with Gasteiger partial charge < -0.3 is 4.90 Å². The molecule has 1 rings (SSSR count). The number of thiazole rings is 1. The van der Waals surface area contributed by atoms with Crippen molar-refractivity contribution in [2.45, 2.75) is 0 Å². The summed E-state index contributed by atoms with van der Waals surface area (Å²) >= 11 is 1.48. The second kappa shape index (κ2) is 4.89.